The van der Waals surface area contributed by atoms with Gasteiger partial charge in [0.15, 0.2) is 5.96 Å². The van der Waals surface area contributed by atoms with Crippen LogP contribution in [0.25, 0.3) is 0 Å². The second-order valence-corrected chi connectivity index (χ2v) is 6.03. The number of aliphatic imine (C=N–C) groups is 1. The van der Waals surface area contributed by atoms with Crippen LogP contribution in [-0.4, -0.2) is 42.9 Å². The number of guanidine groups is 1. The highest BCUT2D eigenvalue weighted by atomic mass is 19.4. The van der Waals surface area contributed by atoms with E-state index in [1.807, 2.05) is 13.0 Å². The van der Waals surface area contributed by atoms with Crippen LogP contribution in [-0.2, 0) is 0 Å². The monoisotopic (exact) mass is 358 g/mol. The molecule has 0 unspecified atom stereocenters. The van der Waals surface area contributed by atoms with E-state index in [-0.39, 0.29) is 18.9 Å². The summed E-state index contributed by atoms with van der Waals surface area (Å²) in [7, 11) is 0. The topological polar surface area (TPSA) is 58.5 Å². The highest BCUT2D eigenvalue weighted by Crippen LogP contribution is 2.37. The van der Waals surface area contributed by atoms with Crippen molar-refractivity contribution < 1.29 is 17.9 Å². The third-order valence-electron chi connectivity index (χ3n) is 4.14. The molecule has 1 aromatic heterocycles. The highest BCUT2D eigenvalue weighted by molar-refractivity contribution is 5.80. The molecule has 1 heterocycles. The number of alkyl halides is 3. The lowest BCUT2D eigenvalue weighted by molar-refractivity contribution is -0.182. The van der Waals surface area contributed by atoms with Gasteiger partial charge in [-0.2, -0.15) is 13.2 Å². The molecule has 0 aromatic carbocycles. The molecule has 1 saturated carbocycles. The van der Waals surface area contributed by atoms with E-state index in [0.29, 0.717) is 44.2 Å². The third kappa shape index (κ3) is 6.80. The van der Waals surface area contributed by atoms with Gasteiger partial charge < -0.3 is 15.4 Å². The average Bonchev–Trinajstić information content (AvgIpc) is 2.59. The van der Waals surface area contributed by atoms with Crippen LogP contribution in [0.5, 0.6) is 5.75 Å². The Morgan fingerprint density at radius 1 is 1.32 bits per heavy atom. The van der Waals surface area contributed by atoms with Gasteiger partial charge >= 0.3 is 6.18 Å². The van der Waals surface area contributed by atoms with Crippen LogP contribution >= 0.6 is 0 Å². The summed E-state index contributed by atoms with van der Waals surface area (Å²) >= 11 is 0. The average molecular weight is 358 g/mol. The van der Waals surface area contributed by atoms with Gasteiger partial charge in [0.05, 0.1) is 18.7 Å². The molecule has 0 saturated heterocycles. The number of halogens is 3. The molecular formula is C17H25F3N4O. The molecule has 1 aliphatic carbocycles. The van der Waals surface area contributed by atoms with Crippen LogP contribution in [0.2, 0.25) is 0 Å². The van der Waals surface area contributed by atoms with Gasteiger partial charge in [-0.1, -0.05) is 0 Å². The van der Waals surface area contributed by atoms with E-state index in [0.717, 1.165) is 0 Å². The smallest absolute Gasteiger partial charge is 0.391 e. The van der Waals surface area contributed by atoms with Crippen molar-refractivity contribution in [1.82, 2.24) is 15.6 Å². The number of hydrogen-bond donors (Lipinski definition) is 2. The van der Waals surface area contributed by atoms with Crippen LogP contribution in [0.1, 0.15) is 32.6 Å². The van der Waals surface area contributed by atoms with Crippen LogP contribution in [0.4, 0.5) is 13.2 Å². The van der Waals surface area contributed by atoms with Crippen molar-refractivity contribution in [1.29, 1.82) is 0 Å². The Hall–Kier alpha value is -1.99. The number of nitrogens with zero attached hydrogens (tertiary/aromatic N) is 2. The maximum Gasteiger partial charge on any atom is 0.391 e. The molecule has 0 atom stereocenters. The lowest BCUT2D eigenvalue weighted by atomic mass is 9.85. The van der Waals surface area contributed by atoms with Crippen molar-refractivity contribution in [3.05, 3.63) is 24.5 Å². The SMILES string of the molecule is CCNC(=NCCOc1cccnc1)NC1CCC(C(F)(F)F)CC1. The molecule has 1 fully saturated rings. The molecule has 1 aliphatic rings. The first-order valence-electron chi connectivity index (χ1n) is 8.63. The van der Waals surface area contributed by atoms with E-state index in [2.05, 4.69) is 20.6 Å². The van der Waals surface area contributed by atoms with Gasteiger partial charge in [-0.3, -0.25) is 4.98 Å². The predicted octanol–water partition coefficient (Wildman–Crippen LogP) is 3.14. The molecule has 8 heteroatoms. The molecule has 25 heavy (non-hydrogen) atoms. The molecule has 0 spiro atoms. The van der Waals surface area contributed by atoms with Crippen molar-refractivity contribution in [2.24, 2.45) is 10.9 Å². The normalized spacial score (nSPS) is 21.7. The van der Waals surface area contributed by atoms with E-state index in [9.17, 15) is 13.2 Å². The van der Waals surface area contributed by atoms with E-state index < -0.39 is 12.1 Å². The molecule has 5 nitrogen and oxygen atoms in total. The van der Waals surface area contributed by atoms with Crippen LogP contribution in [0.15, 0.2) is 29.5 Å². The van der Waals surface area contributed by atoms with Crippen molar-refractivity contribution in [2.75, 3.05) is 19.7 Å². The van der Waals surface area contributed by atoms with Crippen molar-refractivity contribution in [3.8, 4) is 5.75 Å². The van der Waals surface area contributed by atoms with Gasteiger partial charge in [0, 0.05) is 18.8 Å². The zero-order valence-corrected chi connectivity index (χ0v) is 14.4. The molecule has 0 aliphatic heterocycles. The second kappa shape index (κ2) is 9.48. The third-order valence-corrected chi connectivity index (χ3v) is 4.14. The molecule has 0 amide bonds. The van der Waals surface area contributed by atoms with Crippen LogP contribution in [0, 0.1) is 5.92 Å². The van der Waals surface area contributed by atoms with Gasteiger partial charge in [0.25, 0.3) is 0 Å². The lowest BCUT2D eigenvalue weighted by Crippen LogP contribution is -2.46. The maximum atomic E-state index is 12.7. The quantitative estimate of drug-likeness (QED) is 0.466. The highest BCUT2D eigenvalue weighted by Gasteiger charge is 2.41. The number of rotatable bonds is 6. The molecule has 1 aromatic rings. The van der Waals surface area contributed by atoms with Gasteiger partial charge in [-0.05, 0) is 44.7 Å². The first-order valence-corrected chi connectivity index (χ1v) is 8.63. The van der Waals surface area contributed by atoms with E-state index in [1.54, 1.807) is 18.5 Å². The van der Waals surface area contributed by atoms with Gasteiger partial charge in [-0.25, -0.2) is 4.99 Å². The summed E-state index contributed by atoms with van der Waals surface area (Å²) in [6, 6.07) is 3.64. The summed E-state index contributed by atoms with van der Waals surface area (Å²) in [6.07, 6.45) is 0.572. The molecule has 0 bridgehead atoms. The van der Waals surface area contributed by atoms with Gasteiger partial charge in [0.2, 0.25) is 0 Å². The molecule has 0 radical (unpaired) electrons. The minimum Gasteiger partial charge on any atom is -0.490 e. The lowest BCUT2D eigenvalue weighted by Gasteiger charge is -2.31. The Labute approximate surface area is 146 Å². The minimum absolute atomic E-state index is 0.0237. The fraction of sp³-hybridized carbons (Fsp3) is 0.647. The molecule has 2 rings (SSSR count). The number of ether oxygens (including phenoxy) is 1. The van der Waals surface area contributed by atoms with Crippen molar-refractivity contribution in [2.45, 2.75) is 44.8 Å². The van der Waals surface area contributed by atoms with E-state index in [4.69, 9.17) is 4.74 Å². The van der Waals surface area contributed by atoms with Gasteiger partial charge in [-0.15, -0.1) is 0 Å². The van der Waals surface area contributed by atoms with Gasteiger partial charge in [0.1, 0.15) is 12.4 Å². The summed E-state index contributed by atoms with van der Waals surface area (Å²) in [6.45, 7) is 3.49. The Balaban J connectivity index is 1.76. The molecule has 140 valence electrons. The fourth-order valence-electron chi connectivity index (χ4n) is 2.83. The first-order chi connectivity index (χ1) is 12.0. The minimum atomic E-state index is -4.08. The Morgan fingerprint density at radius 2 is 2.08 bits per heavy atom. The molecular weight excluding hydrogens is 333 g/mol. The van der Waals surface area contributed by atoms with Crippen molar-refractivity contribution >= 4 is 5.96 Å². The Morgan fingerprint density at radius 3 is 2.68 bits per heavy atom. The number of nitrogens with one attached hydrogen (secondary N) is 2. The standard InChI is InChI=1S/C17H25F3N4O/c1-2-22-16(23-10-11-25-15-4-3-9-21-12-15)24-14-7-5-13(6-8-14)17(18,19)20/h3-4,9,12-14H,2,5-8,10-11H2,1H3,(H2,22,23,24). The predicted molar refractivity (Wildman–Crippen MR) is 90.6 cm³/mol. The van der Waals surface area contributed by atoms with Crippen LogP contribution < -0.4 is 15.4 Å². The van der Waals surface area contributed by atoms with Crippen LogP contribution in [0.3, 0.4) is 0 Å². The first kappa shape index (κ1) is 19.3. The largest absolute Gasteiger partial charge is 0.490 e. The Bertz CT molecular complexity index is 528. The van der Waals surface area contributed by atoms with Crippen molar-refractivity contribution in [3.63, 3.8) is 0 Å². The molecule has 2 N–H and O–H groups in total. The second-order valence-electron chi connectivity index (χ2n) is 6.03. The fourth-order valence-corrected chi connectivity index (χ4v) is 2.83. The summed E-state index contributed by atoms with van der Waals surface area (Å²) in [5.74, 6) is 0.131. The number of hydrogen-bond acceptors (Lipinski definition) is 3. The summed E-state index contributed by atoms with van der Waals surface area (Å²) in [5.41, 5.74) is 0. The van der Waals surface area contributed by atoms with E-state index in [1.165, 1.54) is 0 Å². The number of aromatic nitrogens is 1. The maximum absolute atomic E-state index is 12.7. The zero-order valence-electron chi connectivity index (χ0n) is 14.4. The number of pyridine rings is 1. The zero-order chi connectivity index (χ0) is 18.1. The summed E-state index contributed by atoms with van der Waals surface area (Å²) < 4.78 is 43.7. The van der Waals surface area contributed by atoms with E-state index >= 15 is 0 Å². The Kier molecular flexibility index (Phi) is 7.33. The summed E-state index contributed by atoms with van der Waals surface area (Å²) in [5, 5.41) is 6.35. The summed E-state index contributed by atoms with van der Waals surface area (Å²) in [4.78, 5) is 8.38.